The number of halogens is 3. The van der Waals surface area contributed by atoms with E-state index in [4.69, 9.17) is 4.84 Å². The van der Waals surface area contributed by atoms with Gasteiger partial charge < -0.3 is 9.57 Å². The van der Waals surface area contributed by atoms with Crippen LogP contribution in [0.2, 0.25) is 0 Å². The van der Waals surface area contributed by atoms with Crippen molar-refractivity contribution in [2.75, 3.05) is 11.9 Å². The van der Waals surface area contributed by atoms with Crippen molar-refractivity contribution in [2.45, 2.75) is 13.1 Å². The monoisotopic (exact) mass is 315 g/mol. The molecule has 1 amide bonds. The minimum Gasteiger partial charge on any atom is -0.450 e. The van der Waals surface area contributed by atoms with Crippen molar-refractivity contribution in [1.29, 1.82) is 0 Å². The van der Waals surface area contributed by atoms with Gasteiger partial charge in [-0.15, -0.1) is 5.10 Å². The zero-order chi connectivity index (χ0) is 16.2. The van der Waals surface area contributed by atoms with Crippen molar-refractivity contribution in [3.05, 3.63) is 42.2 Å². The zero-order valence-corrected chi connectivity index (χ0v) is 11.4. The third-order valence-corrected chi connectivity index (χ3v) is 2.44. The number of alkyl halides is 3. The minimum absolute atomic E-state index is 0.0411. The van der Waals surface area contributed by atoms with Gasteiger partial charge in [-0.05, 0) is 25.1 Å². The van der Waals surface area contributed by atoms with Crippen LogP contribution in [0.15, 0.2) is 36.7 Å². The average Bonchev–Trinajstić information content (AvgIpc) is 2.85. The van der Waals surface area contributed by atoms with E-state index in [1.807, 2.05) is 0 Å². The fraction of sp³-hybridized carbons (Fsp3) is 0.231. The van der Waals surface area contributed by atoms with E-state index in [0.717, 1.165) is 17.0 Å². The molecule has 0 fully saturated rings. The maximum atomic E-state index is 12.6. The Bertz CT molecular complexity index is 655. The molecule has 0 radical (unpaired) electrons. The van der Waals surface area contributed by atoms with Gasteiger partial charge >= 0.3 is 12.3 Å². The third kappa shape index (κ3) is 4.14. The largest absolute Gasteiger partial charge is 0.450 e. The van der Waals surface area contributed by atoms with Crippen LogP contribution in [0.25, 0.3) is 0 Å². The Morgan fingerprint density at radius 1 is 1.41 bits per heavy atom. The molecule has 0 aliphatic heterocycles. The van der Waals surface area contributed by atoms with Crippen LogP contribution in [0.3, 0.4) is 0 Å². The third-order valence-electron chi connectivity index (χ3n) is 2.44. The van der Waals surface area contributed by atoms with Gasteiger partial charge in [-0.3, -0.25) is 5.32 Å². The standard InChI is InChI=1S/C13H12F3N3O3/c1-2-21-12(20)18-10-7-17-19(8-10)22-11-5-3-4-9(6-11)13(14,15)16/h3-8H,2H2,1H3,(H,18,20). The molecular formula is C13H12F3N3O3. The van der Waals surface area contributed by atoms with Gasteiger partial charge in [0.25, 0.3) is 0 Å². The van der Waals surface area contributed by atoms with E-state index in [2.05, 4.69) is 15.2 Å². The Hall–Kier alpha value is -2.71. The number of hydrogen-bond acceptors (Lipinski definition) is 4. The van der Waals surface area contributed by atoms with Gasteiger partial charge in [0.2, 0.25) is 0 Å². The van der Waals surface area contributed by atoms with Crippen molar-refractivity contribution in [2.24, 2.45) is 0 Å². The van der Waals surface area contributed by atoms with Gasteiger partial charge in [-0.1, -0.05) is 10.9 Å². The number of carbonyl (C=O) groups is 1. The highest BCUT2D eigenvalue weighted by molar-refractivity contribution is 5.84. The molecule has 0 atom stereocenters. The lowest BCUT2D eigenvalue weighted by Gasteiger charge is -2.09. The van der Waals surface area contributed by atoms with Crippen LogP contribution in [0.1, 0.15) is 12.5 Å². The van der Waals surface area contributed by atoms with Crippen molar-refractivity contribution in [3.8, 4) is 5.75 Å². The number of nitrogens with zero attached hydrogens (tertiary/aromatic N) is 2. The Kier molecular flexibility index (Phi) is 4.54. The second-order valence-corrected chi connectivity index (χ2v) is 4.09. The molecule has 1 N–H and O–H groups in total. The zero-order valence-electron chi connectivity index (χ0n) is 11.4. The number of hydrogen-bond donors (Lipinski definition) is 1. The maximum Gasteiger partial charge on any atom is 0.416 e. The molecule has 22 heavy (non-hydrogen) atoms. The second-order valence-electron chi connectivity index (χ2n) is 4.09. The first-order chi connectivity index (χ1) is 10.4. The Morgan fingerprint density at radius 2 is 2.18 bits per heavy atom. The first kappa shape index (κ1) is 15.7. The van der Waals surface area contributed by atoms with Gasteiger partial charge in [0, 0.05) is 0 Å². The summed E-state index contributed by atoms with van der Waals surface area (Å²) in [5, 5.41) is 6.14. The quantitative estimate of drug-likeness (QED) is 0.940. The Morgan fingerprint density at radius 3 is 2.86 bits per heavy atom. The van der Waals surface area contributed by atoms with Crippen LogP contribution < -0.4 is 10.2 Å². The molecule has 6 nitrogen and oxygen atoms in total. The smallest absolute Gasteiger partial charge is 0.416 e. The van der Waals surface area contributed by atoms with Crippen molar-refractivity contribution < 1.29 is 27.5 Å². The molecule has 0 aliphatic carbocycles. The number of benzene rings is 1. The highest BCUT2D eigenvalue weighted by atomic mass is 19.4. The summed E-state index contributed by atoms with van der Waals surface area (Å²) in [5.41, 5.74) is -0.549. The number of anilines is 1. The van der Waals surface area contributed by atoms with Crippen molar-refractivity contribution in [1.82, 2.24) is 9.94 Å². The van der Waals surface area contributed by atoms with Crippen molar-refractivity contribution in [3.63, 3.8) is 0 Å². The summed E-state index contributed by atoms with van der Waals surface area (Å²) in [6.45, 7) is 1.86. The predicted molar refractivity (Wildman–Crippen MR) is 70.3 cm³/mol. The lowest BCUT2D eigenvalue weighted by Crippen LogP contribution is -2.13. The molecule has 2 rings (SSSR count). The summed E-state index contributed by atoms with van der Waals surface area (Å²) in [4.78, 5) is 17.3. The summed E-state index contributed by atoms with van der Waals surface area (Å²) in [7, 11) is 0. The second kappa shape index (κ2) is 6.37. The summed E-state index contributed by atoms with van der Waals surface area (Å²) < 4.78 is 42.4. The maximum absolute atomic E-state index is 12.6. The van der Waals surface area contributed by atoms with E-state index in [1.165, 1.54) is 24.5 Å². The molecular weight excluding hydrogens is 303 g/mol. The topological polar surface area (TPSA) is 65.4 Å². The molecule has 0 bridgehead atoms. The van der Waals surface area contributed by atoms with Gasteiger partial charge in [0.1, 0.15) is 0 Å². The summed E-state index contributed by atoms with van der Waals surface area (Å²) in [6, 6.07) is 4.36. The van der Waals surface area contributed by atoms with E-state index in [0.29, 0.717) is 0 Å². The number of carbonyl (C=O) groups excluding carboxylic acids is 1. The molecule has 1 aromatic heterocycles. The van der Waals surface area contributed by atoms with Gasteiger partial charge in [0.05, 0.1) is 30.3 Å². The highest BCUT2D eigenvalue weighted by Gasteiger charge is 2.30. The SMILES string of the molecule is CCOC(=O)Nc1cnn(Oc2cccc(C(F)(F)F)c2)c1. The van der Waals surface area contributed by atoms with E-state index >= 15 is 0 Å². The fourth-order valence-corrected chi connectivity index (χ4v) is 1.54. The lowest BCUT2D eigenvalue weighted by molar-refractivity contribution is -0.137. The van der Waals surface area contributed by atoms with Crippen LogP contribution in [0.5, 0.6) is 5.75 Å². The summed E-state index contributed by atoms with van der Waals surface area (Å²) in [5.74, 6) is -0.0411. The highest BCUT2D eigenvalue weighted by Crippen LogP contribution is 2.31. The molecule has 0 spiro atoms. The molecule has 1 aromatic carbocycles. The van der Waals surface area contributed by atoms with Crippen LogP contribution in [-0.4, -0.2) is 22.6 Å². The van der Waals surface area contributed by atoms with Crippen LogP contribution in [0.4, 0.5) is 23.7 Å². The van der Waals surface area contributed by atoms with Crippen molar-refractivity contribution >= 4 is 11.8 Å². The van der Waals surface area contributed by atoms with Crippen LogP contribution in [-0.2, 0) is 10.9 Å². The molecule has 9 heteroatoms. The predicted octanol–water partition coefficient (Wildman–Crippen LogP) is 3.31. The number of ether oxygens (including phenoxy) is 1. The molecule has 0 unspecified atom stereocenters. The van der Waals surface area contributed by atoms with Gasteiger partial charge in [-0.25, -0.2) is 4.79 Å². The van der Waals surface area contributed by atoms with Crippen LogP contribution in [0, 0.1) is 0 Å². The molecule has 0 saturated heterocycles. The molecule has 2 aromatic rings. The molecule has 0 aliphatic rings. The first-order valence-corrected chi connectivity index (χ1v) is 6.22. The average molecular weight is 315 g/mol. The Balaban J connectivity index is 2.06. The van der Waals surface area contributed by atoms with Crippen LogP contribution >= 0.6 is 0 Å². The molecule has 118 valence electrons. The fourth-order valence-electron chi connectivity index (χ4n) is 1.54. The number of rotatable bonds is 4. The van der Waals surface area contributed by atoms with E-state index in [1.54, 1.807) is 6.92 Å². The molecule has 1 heterocycles. The molecule has 0 saturated carbocycles. The minimum atomic E-state index is -4.46. The Labute approximate surface area is 123 Å². The summed E-state index contributed by atoms with van der Waals surface area (Å²) >= 11 is 0. The van der Waals surface area contributed by atoms with E-state index in [-0.39, 0.29) is 18.0 Å². The van der Waals surface area contributed by atoms with Gasteiger partial charge in [0.15, 0.2) is 5.75 Å². The number of aromatic nitrogens is 2. The van der Waals surface area contributed by atoms with E-state index in [9.17, 15) is 18.0 Å². The normalized spacial score (nSPS) is 11.1. The van der Waals surface area contributed by atoms with Gasteiger partial charge in [-0.2, -0.15) is 13.2 Å². The lowest BCUT2D eigenvalue weighted by atomic mass is 10.2. The number of nitrogens with one attached hydrogen (secondary N) is 1. The first-order valence-electron chi connectivity index (χ1n) is 6.22. The summed E-state index contributed by atoms with van der Waals surface area (Å²) in [6.07, 6.45) is -2.57. The van der Waals surface area contributed by atoms with E-state index < -0.39 is 17.8 Å². The number of amides is 1.